The van der Waals surface area contributed by atoms with Gasteiger partial charge in [0.2, 0.25) is 0 Å². The molecule has 1 unspecified atom stereocenters. The molecule has 1 aromatic rings. The molecule has 0 aliphatic heterocycles. The summed E-state index contributed by atoms with van der Waals surface area (Å²) in [6, 6.07) is 0.0642. The highest BCUT2D eigenvalue weighted by Gasteiger charge is 2.27. The van der Waals surface area contributed by atoms with Gasteiger partial charge in [-0.1, -0.05) is 26.2 Å². The second-order valence-electron chi connectivity index (χ2n) is 5.25. The molecular weight excluding hydrogens is 226 g/mol. The van der Waals surface area contributed by atoms with Crippen molar-refractivity contribution in [2.24, 2.45) is 11.7 Å². The summed E-state index contributed by atoms with van der Waals surface area (Å²) in [6.07, 6.45) is 9.31. The Morgan fingerprint density at radius 2 is 2.17 bits per heavy atom. The van der Waals surface area contributed by atoms with Gasteiger partial charge in [0.1, 0.15) is 0 Å². The predicted octanol–water partition coefficient (Wildman–Crippen LogP) is 2.88. The molecule has 4 heteroatoms. The van der Waals surface area contributed by atoms with Crippen LogP contribution < -0.4 is 10.5 Å². The van der Waals surface area contributed by atoms with E-state index in [0.717, 1.165) is 24.4 Å². The molecule has 0 bridgehead atoms. The van der Waals surface area contributed by atoms with Gasteiger partial charge in [0.05, 0.1) is 25.0 Å². The van der Waals surface area contributed by atoms with Gasteiger partial charge in [0.15, 0.2) is 5.75 Å². The third-order valence-electron chi connectivity index (χ3n) is 3.97. The lowest BCUT2D eigenvalue weighted by Crippen LogP contribution is -2.26. The molecule has 18 heavy (non-hydrogen) atoms. The first-order valence-electron chi connectivity index (χ1n) is 7.13. The fourth-order valence-corrected chi connectivity index (χ4v) is 2.98. The number of hydrogen-bond acceptors (Lipinski definition) is 3. The Labute approximate surface area is 110 Å². The van der Waals surface area contributed by atoms with E-state index in [4.69, 9.17) is 10.5 Å². The zero-order chi connectivity index (χ0) is 13.0. The number of methoxy groups -OCH3 is 1. The Kier molecular flexibility index (Phi) is 4.64. The smallest absolute Gasteiger partial charge is 0.161 e. The van der Waals surface area contributed by atoms with Crippen LogP contribution in [-0.2, 0) is 6.54 Å². The van der Waals surface area contributed by atoms with Gasteiger partial charge in [-0.2, -0.15) is 5.10 Å². The van der Waals surface area contributed by atoms with Gasteiger partial charge >= 0.3 is 0 Å². The first-order chi connectivity index (χ1) is 8.77. The van der Waals surface area contributed by atoms with Crippen LogP contribution in [0.3, 0.4) is 0 Å². The van der Waals surface area contributed by atoms with E-state index in [-0.39, 0.29) is 6.04 Å². The van der Waals surface area contributed by atoms with Crippen LogP contribution in [0, 0.1) is 5.92 Å². The summed E-state index contributed by atoms with van der Waals surface area (Å²) in [5.74, 6) is 1.43. The monoisotopic (exact) mass is 251 g/mol. The Morgan fingerprint density at radius 3 is 2.78 bits per heavy atom. The molecule has 102 valence electrons. The number of aromatic nitrogens is 2. The summed E-state index contributed by atoms with van der Waals surface area (Å²) in [4.78, 5) is 0. The fourth-order valence-electron chi connectivity index (χ4n) is 2.98. The van der Waals surface area contributed by atoms with E-state index < -0.39 is 0 Å². The predicted molar refractivity (Wildman–Crippen MR) is 72.6 cm³/mol. The van der Waals surface area contributed by atoms with Crippen LogP contribution in [-0.4, -0.2) is 16.9 Å². The van der Waals surface area contributed by atoms with Crippen molar-refractivity contribution in [3.63, 3.8) is 0 Å². The van der Waals surface area contributed by atoms with Crippen molar-refractivity contribution >= 4 is 0 Å². The first kappa shape index (κ1) is 13.4. The molecule has 2 rings (SSSR count). The van der Waals surface area contributed by atoms with Crippen molar-refractivity contribution in [3.05, 3.63) is 11.9 Å². The summed E-state index contributed by atoms with van der Waals surface area (Å²) in [7, 11) is 1.70. The van der Waals surface area contributed by atoms with Crippen molar-refractivity contribution in [3.8, 4) is 5.75 Å². The summed E-state index contributed by atoms with van der Waals surface area (Å²) in [5, 5.41) is 4.40. The molecule has 4 nitrogen and oxygen atoms in total. The van der Waals surface area contributed by atoms with Crippen molar-refractivity contribution in [2.75, 3.05) is 7.11 Å². The molecule has 1 aliphatic carbocycles. The minimum atomic E-state index is 0.0642. The van der Waals surface area contributed by atoms with Crippen molar-refractivity contribution in [2.45, 2.75) is 58.0 Å². The maximum atomic E-state index is 6.48. The highest BCUT2D eigenvalue weighted by Crippen LogP contribution is 2.36. The summed E-state index contributed by atoms with van der Waals surface area (Å²) >= 11 is 0. The van der Waals surface area contributed by atoms with Crippen LogP contribution in [0.25, 0.3) is 0 Å². The second kappa shape index (κ2) is 6.23. The van der Waals surface area contributed by atoms with Crippen LogP contribution in [0.2, 0.25) is 0 Å². The largest absolute Gasteiger partial charge is 0.493 e. The van der Waals surface area contributed by atoms with Crippen molar-refractivity contribution < 1.29 is 4.74 Å². The topological polar surface area (TPSA) is 53.1 Å². The maximum absolute atomic E-state index is 6.48. The zero-order valence-electron chi connectivity index (χ0n) is 11.6. The fraction of sp³-hybridized carbons (Fsp3) is 0.786. The lowest BCUT2D eigenvalue weighted by Gasteiger charge is -2.28. The molecule has 1 aliphatic rings. The summed E-state index contributed by atoms with van der Waals surface area (Å²) in [6.45, 7) is 3.07. The number of rotatable bonds is 5. The summed E-state index contributed by atoms with van der Waals surface area (Å²) < 4.78 is 7.45. The average Bonchev–Trinajstić information content (AvgIpc) is 2.82. The van der Waals surface area contributed by atoms with Gasteiger partial charge < -0.3 is 10.5 Å². The van der Waals surface area contributed by atoms with Crippen LogP contribution in [0.4, 0.5) is 0 Å². The Hall–Kier alpha value is -1.03. The third kappa shape index (κ3) is 2.69. The van der Waals surface area contributed by atoms with Gasteiger partial charge in [0, 0.05) is 6.54 Å². The zero-order valence-corrected chi connectivity index (χ0v) is 11.6. The van der Waals surface area contributed by atoms with E-state index in [9.17, 15) is 0 Å². The number of hydrogen-bond donors (Lipinski definition) is 1. The SMILES string of the molecule is CCCn1ncc(OC)c1C(N)C1CCCCC1. The minimum Gasteiger partial charge on any atom is -0.493 e. The number of nitrogens with zero attached hydrogens (tertiary/aromatic N) is 2. The average molecular weight is 251 g/mol. The molecule has 2 N–H and O–H groups in total. The lowest BCUT2D eigenvalue weighted by molar-refractivity contribution is 0.290. The van der Waals surface area contributed by atoms with E-state index in [1.54, 1.807) is 13.3 Å². The van der Waals surface area contributed by atoms with Crippen molar-refractivity contribution in [1.29, 1.82) is 0 Å². The molecule has 1 fully saturated rings. The standard InChI is InChI=1S/C14H25N3O/c1-3-9-17-14(12(18-2)10-16-17)13(15)11-7-5-4-6-8-11/h10-11,13H,3-9,15H2,1-2H3. The molecule has 1 heterocycles. The van der Waals surface area contributed by atoms with Gasteiger partial charge in [-0.05, 0) is 25.2 Å². The number of aryl methyl sites for hydroxylation is 1. The Balaban J connectivity index is 2.20. The molecule has 0 amide bonds. The molecule has 1 saturated carbocycles. The van der Waals surface area contributed by atoms with Gasteiger partial charge in [-0.15, -0.1) is 0 Å². The van der Waals surface area contributed by atoms with E-state index in [0.29, 0.717) is 5.92 Å². The molecule has 0 radical (unpaired) electrons. The number of ether oxygens (including phenoxy) is 1. The minimum absolute atomic E-state index is 0.0642. The van der Waals surface area contributed by atoms with Crippen LogP contribution in [0.1, 0.15) is 57.2 Å². The Morgan fingerprint density at radius 1 is 1.44 bits per heavy atom. The van der Waals surface area contributed by atoms with E-state index >= 15 is 0 Å². The Bertz CT molecular complexity index is 369. The van der Waals surface area contributed by atoms with Gasteiger partial charge in [0.25, 0.3) is 0 Å². The second-order valence-corrected chi connectivity index (χ2v) is 5.25. The molecule has 0 aromatic carbocycles. The highest BCUT2D eigenvalue weighted by atomic mass is 16.5. The van der Waals surface area contributed by atoms with Crippen LogP contribution in [0.5, 0.6) is 5.75 Å². The molecular formula is C14H25N3O. The highest BCUT2D eigenvalue weighted by molar-refractivity contribution is 5.28. The summed E-state index contributed by atoms with van der Waals surface area (Å²) in [5.41, 5.74) is 7.57. The van der Waals surface area contributed by atoms with E-state index in [2.05, 4.69) is 12.0 Å². The molecule has 0 saturated heterocycles. The van der Waals surface area contributed by atoms with E-state index in [1.807, 2.05) is 4.68 Å². The van der Waals surface area contributed by atoms with Crippen molar-refractivity contribution in [1.82, 2.24) is 9.78 Å². The number of nitrogens with two attached hydrogens (primary N) is 1. The molecule has 1 aromatic heterocycles. The van der Waals surface area contributed by atoms with E-state index in [1.165, 1.54) is 32.1 Å². The first-order valence-corrected chi connectivity index (χ1v) is 7.13. The maximum Gasteiger partial charge on any atom is 0.161 e. The lowest BCUT2D eigenvalue weighted by atomic mass is 9.83. The molecule has 1 atom stereocenters. The van der Waals surface area contributed by atoms with Gasteiger partial charge in [-0.25, -0.2) is 0 Å². The van der Waals surface area contributed by atoms with Crippen LogP contribution in [0.15, 0.2) is 6.20 Å². The van der Waals surface area contributed by atoms with Gasteiger partial charge in [-0.3, -0.25) is 4.68 Å². The normalized spacial score (nSPS) is 18.8. The third-order valence-corrected chi connectivity index (χ3v) is 3.97. The van der Waals surface area contributed by atoms with Crippen LogP contribution >= 0.6 is 0 Å². The quantitative estimate of drug-likeness (QED) is 0.875. The molecule has 0 spiro atoms.